The molecule has 2 aromatic heterocycles. The lowest BCUT2D eigenvalue weighted by Crippen LogP contribution is -2.39. The highest BCUT2D eigenvalue weighted by Gasteiger charge is 2.27. The van der Waals surface area contributed by atoms with E-state index in [1.807, 2.05) is 15.6 Å². The lowest BCUT2D eigenvalue weighted by atomic mass is 9.89. The van der Waals surface area contributed by atoms with Crippen molar-refractivity contribution >= 4 is 28.6 Å². The highest BCUT2D eigenvalue weighted by molar-refractivity contribution is 7.99. The minimum absolute atomic E-state index is 0.171. The molecule has 3 heterocycles. The molecule has 1 aliphatic carbocycles. The normalized spacial score (nSPS) is 18.2. The van der Waals surface area contributed by atoms with Gasteiger partial charge in [-0.3, -0.25) is 4.79 Å². The molecule has 31 heavy (non-hydrogen) atoms. The zero-order valence-corrected chi connectivity index (χ0v) is 18.6. The number of hydrogen-bond donors (Lipinski definition) is 1. The highest BCUT2D eigenvalue weighted by atomic mass is 32.2. The summed E-state index contributed by atoms with van der Waals surface area (Å²) in [6, 6.07) is 6.53. The summed E-state index contributed by atoms with van der Waals surface area (Å²) >= 11 is 1.46. The van der Waals surface area contributed by atoms with Crippen molar-refractivity contribution in [2.24, 2.45) is 0 Å². The van der Waals surface area contributed by atoms with Crippen molar-refractivity contribution in [1.82, 2.24) is 30.1 Å². The molecule has 1 saturated heterocycles. The first-order valence-electron chi connectivity index (χ1n) is 11.1. The topological polar surface area (TPSA) is 88.9 Å². The van der Waals surface area contributed by atoms with E-state index in [2.05, 4.69) is 38.8 Å². The van der Waals surface area contributed by atoms with Crippen LogP contribution in [0.5, 0.6) is 5.75 Å². The summed E-state index contributed by atoms with van der Waals surface area (Å²) in [5, 5.41) is 14.1. The van der Waals surface area contributed by atoms with Gasteiger partial charge in [-0.2, -0.15) is 0 Å². The number of aromatic nitrogens is 5. The maximum absolute atomic E-state index is 12.8. The number of benzene rings is 1. The third-order valence-corrected chi connectivity index (χ3v) is 7.58. The van der Waals surface area contributed by atoms with E-state index < -0.39 is 0 Å². The van der Waals surface area contributed by atoms with Crippen LogP contribution in [0.4, 0.5) is 0 Å². The fourth-order valence-electron chi connectivity index (χ4n) is 4.90. The van der Waals surface area contributed by atoms with Gasteiger partial charge in [0.25, 0.3) is 0 Å². The maximum atomic E-state index is 12.8. The maximum Gasteiger partial charge on any atom is 0.233 e. The van der Waals surface area contributed by atoms with Gasteiger partial charge in [-0.15, -0.1) is 5.10 Å². The summed E-state index contributed by atoms with van der Waals surface area (Å²) < 4.78 is 7.32. The molecule has 1 aromatic carbocycles. The Morgan fingerprint density at radius 2 is 2.03 bits per heavy atom. The molecular formula is C22H28N6O2S. The number of thioether (sulfide) groups is 1. The van der Waals surface area contributed by atoms with Gasteiger partial charge in [0.2, 0.25) is 11.1 Å². The third-order valence-electron chi connectivity index (χ3n) is 6.67. The fraction of sp³-hybridized carbons (Fsp3) is 0.545. The number of carbonyl (C=O) groups is 1. The van der Waals surface area contributed by atoms with Crippen molar-refractivity contribution in [3.8, 4) is 5.75 Å². The van der Waals surface area contributed by atoms with Crippen molar-refractivity contribution in [3.05, 3.63) is 30.0 Å². The molecule has 1 saturated carbocycles. The molecule has 9 heteroatoms. The Labute approximate surface area is 185 Å². The number of aromatic amines is 1. The van der Waals surface area contributed by atoms with Crippen molar-refractivity contribution < 1.29 is 9.53 Å². The number of methoxy groups -OCH3 is 1. The van der Waals surface area contributed by atoms with Gasteiger partial charge >= 0.3 is 0 Å². The van der Waals surface area contributed by atoms with Crippen molar-refractivity contribution in [1.29, 1.82) is 0 Å². The predicted octanol–water partition coefficient (Wildman–Crippen LogP) is 3.78. The molecule has 164 valence electrons. The molecular weight excluding hydrogens is 412 g/mol. The second-order valence-corrected chi connectivity index (χ2v) is 9.39. The molecule has 2 fully saturated rings. The Morgan fingerprint density at radius 1 is 1.23 bits per heavy atom. The number of ether oxygens (including phenoxy) is 1. The standard InChI is InChI=1S/C22H28N6O2S/c1-30-17-6-7-20-18(12-17)19(13-23-20)15-8-10-27(11-9-15)21(29)14-31-22-24-25-26-28(22)16-4-2-3-5-16/h6-7,12-13,15-16,23H,2-5,8-11,14H2,1H3. The van der Waals surface area contributed by atoms with Crippen molar-refractivity contribution in [3.63, 3.8) is 0 Å². The number of fused-ring (bicyclic) bond motifs is 1. The fourth-order valence-corrected chi connectivity index (χ4v) is 5.75. The Hall–Kier alpha value is -2.55. The molecule has 1 aliphatic heterocycles. The van der Waals surface area contributed by atoms with Crippen LogP contribution < -0.4 is 4.74 Å². The molecule has 2 aliphatic rings. The van der Waals surface area contributed by atoms with Crippen LogP contribution in [0.2, 0.25) is 0 Å². The van der Waals surface area contributed by atoms with Crippen LogP contribution in [0.3, 0.4) is 0 Å². The van der Waals surface area contributed by atoms with E-state index in [1.165, 1.54) is 35.6 Å². The largest absolute Gasteiger partial charge is 0.497 e. The Morgan fingerprint density at radius 3 is 2.81 bits per heavy atom. The number of carbonyl (C=O) groups excluding carboxylic acids is 1. The minimum atomic E-state index is 0.171. The monoisotopic (exact) mass is 440 g/mol. The highest BCUT2D eigenvalue weighted by Crippen LogP contribution is 2.35. The summed E-state index contributed by atoms with van der Waals surface area (Å²) in [7, 11) is 1.70. The van der Waals surface area contributed by atoms with Crippen molar-refractivity contribution in [2.45, 2.75) is 55.6 Å². The van der Waals surface area contributed by atoms with Crippen LogP contribution in [0.15, 0.2) is 29.6 Å². The van der Waals surface area contributed by atoms with Gasteiger partial charge in [0.15, 0.2) is 0 Å². The van der Waals surface area contributed by atoms with Gasteiger partial charge in [-0.05, 0) is 65.8 Å². The molecule has 0 atom stereocenters. The quantitative estimate of drug-likeness (QED) is 0.587. The zero-order chi connectivity index (χ0) is 21.2. The SMILES string of the molecule is COc1ccc2[nH]cc(C3CCN(C(=O)CSc4nnnn4C4CCCC4)CC3)c2c1. The summed E-state index contributed by atoms with van der Waals surface area (Å²) in [6.07, 6.45) is 8.77. The number of piperidine rings is 1. The van der Waals surface area contributed by atoms with Crippen LogP contribution in [-0.2, 0) is 4.79 Å². The molecule has 5 rings (SSSR count). The number of nitrogens with one attached hydrogen (secondary N) is 1. The Kier molecular flexibility index (Phi) is 5.85. The first-order chi connectivity index (χ1) is 15.2. The van der Waals surface area contributed by atoms with E-state index in [4.69, 9.17) is 4.74 Å². The molecule has 0 unspecified atom stereocenters. The van der Waals surface area contributed by atoms with Gasteiger partial charge in [0.1, 0.15) is 5.75 Å². The molecule has 3 aromatic rings. The molecule has 0 radical (unpaired) electrons. The van der Waals surface area contributed by atoms with E-state index in [9.17, 15) is 4.79 Å². The summed E-state index contributed by atoms with van der Waals surface area (Å²) in [6.45, 7) is 1.57. The Balaban J connectivity index is 1.18. The average molecular weight is 441 g/mol. The predicted molar refractivity (Wildman–Crippen MR) is 119 cm³/mol. The number of H-pyrrole nitrogens is 1. The van der Waals surface area contributed by atoms with Gasteiger partial charge in [-0.25, -0.2) is 4.68 Å². The lowest BCUT2D eigenvalue weighted by molar-refractivity contribution is -0.129. The molecule has 1 N–H and O–H groups in total. The van der Waals surface area contributed by atoms with E-state index >= 15 is 0 Å². The third kappa shape index (κ3) is 4.15. The van der Waals surface area contributed by atoms with Crippen LogP contribution in [0.1, 0.15) is 56.0 Å². The molecule has 0 spiro atoms. The molecule has 0 bridgehead atoms. The lowest BCUT2D eigenvalue weighted by Gasteiger charge is -2.32. The van der Waals surface area contributed by atoms with Crippen LogP contribution in [0, 0.1) is 0 Å². The zero-order valence-electron chi connectivity index (χ0n) is 17.8. The van der Waals surface area contributed by atoms with Crippen LogP contribution >= 0.6 is 11.8 Å². The Bertz CT molecular complexity index is 1050. The van der Waals surface area contributed by atoms with E-state index in [1.54, 1.807) is 7.11 Å². The first kappa shape index (κ1) is 20.4. The molecule has 8 nitrogen and oxygen atoms in total. The van der Waals surface area contributed by atoms with Gasteiger partial charge in [0, 0.05) is 30.2 Å². The summed E-state index contributed by atoms with van der Waals surface area (Å²) in [4.78, 5) is 18.2. The smallest absolute Gasteiger partial charge is 0.233 e. The number of rotatable bonds is 6. The number of amides is 1. The molecule has 1 amide bonds. The number of nitrogens with zero attached hydrogens (tertiary/aromatic N) is 5. The first-order valence-corrected chi connectivity index (χ1v) is 12.0. The number of likely N-dealkylation sites (tertiary alicyclic amines) is 1. The summed E-state index contributed by atoms with van der Waals surface area (Å²) in [5.74, 6) is 1.89. The second kappa shape index (κ2) is 8.90. The van der Waals surface area contributed by atoms with Gasteiger partial charge in [-0.1, -0.05) is 24.6 Å². The second-order valence-electron chi connectivity index (χ2n) is 8.44. The van der Waals surface area contributed by atoms with E-state index in [0.29, 0.717) is 17.7 Å². The van der Waals surface area contributed by atoms with E-state index in [-0.39, 0.29) is 5.91 Å². The summed E-state index contributed by atoms with van der Waals surface area (Å²) in [5.41, 5.74) is 2.46. The van der Waals surface area contributed by atoms with Crippen LogP contribution in [-0.4, -0.2) is 62.0 Å². The van der Waals surface area contributed by atoms with Crippen LogP contribution in [0.25, 0.3) is 10.9 Å². The number of hydrogen-bond acceptors (Lipinski definition) is 6. The van der Waals surface area contributed by atoms with Crippen molar-refractivity contribution in [2.75, 3.05) is 26.0 Å². The van der Waals surface area contributed by atoms with E-state index in [0.717, 1.165) is 55.2 Å². The minimum Gasteiger partial charge on any atom is -0.497 e. The number of tetrazole rings is 1. The van der Waals surface area contributed by atoms with Gasteiger partial charge < -0.3 is 14.6 Å². The average Bonchev–Trinajstić information content (AvgIpc) is 3.57. The van der Waals surface area contributed by atoms with Gasteiger partial charge in [0.05, 0.1) is 18.9 Å².